The van der Waals surface area contributed by atoms with E-state index >= 15 is 0 Å². The van der Waals surface area contributed by atoms with E-state index in [1.165, 1.54) is 12.5 Å². The van der Waals surface area contributed by atoms with Gasteiger partial charge in [-0.25, -0.2) is 4.79 Å². The van der Waals surface area contributed by atoms with Gasteiger partial charge in [-0.05, 0) is 0 Å². The van der Waals surface area contributed by atoms with Crippen LogP contribution in [0.3, 0.4) is 0 Å². The van der Waals surface area contributed by atoms with Gasteiger partial charge in [0.15, 0.2) is 0 Å². The predicted molar refractivity (Wildman–Crippen MR) is 49.7 cm³/mol. The summed E-state index contributed by atoms with van der Waals surface area (Å²) in [7, 11) is 0. The molecule has 74 valence electrons. The third-order valence-electron chi connectivity index (χ3n) is 0.695. The molecule has 0 atom stereocenters. The van der Waals surface area contributed by atoms with Gasteiger partial charge in [-0.1, -0.05) is 19.7 Å². The zero-order valence-electron chi connectivity index (χ0n) is 7.44. The number of carbonyl (C=O) groups is 1. The molecule has 1 N–H and O–H groups in total. The molecular formula is C9H14O4. The molecule has 0 saturated heterocycles. The molecule has 0 rings (SSSR count). The second-order valence-electron chi connectivity index (χ2n) is 1.56. The number of hydrogen-bond donors (Lipinski definition) is 1. The third-order valence-corrected chi connectivity index (χ3v) is 0.695. The quantitative estimate of drug-likeness (QED) is 0.395. The van der Waals surface area contributed by atoms with Crippen molar-refractivity contribution in [2.75, 3.05) is 13.2 Å². The Morgan fingerprint density at radius 1 is 1.31 bits per heavy atom. The lowest BCUT2D eigenvalue weighted by molar-refractivity contribution is -0.138. The van der Waals surface area contributed by atoms with Gasteiger partial charge in [0.25, 0.3) is 0 Å². The number of esters is 1. The van der Waals surface area contributed by atoms with E-state index < -0.39 is 5.97 Å². The van der Waals surface area contributed by atoms with Gasteiger partial charge in [0.05, 0.1) is 19.1 Å². The van der Waals surface area contributed by atoms with Gasteiger partial charge in [0.2, 0.25) is 0 Å². The van der Waals surface area contributed by atoms with Crippen LogP contribution in [-0.4, -0.2) is 24.3 Å². The highest BCUT2D eigenvalue weighted by Gasteiger charge is 1.90. The Bertz CT molecular complexity index is 157. The fourth-order valence-electron chi connectivity index (χ4n) is 0.273. The van der Waals surface area contributed by atoms with Crippen LogP contribution in [-0.2, 0) is 14.3 Å². The molecule has 0 aliphatic rings. The Labute approximate surface area is 77.8 Å². The second-order valence-corrected chi connectivity index (χ2v) is 1.56. The lowest BCUT2D eigenvalue weighted by Gasteiger charge is -1.94. The molecule has 0 saturated carbocycles. The van der Waals surface area contributed by atoms with Gasteiger partial charge in [0, 0.05) is 6.08 Å². The van der Waals surface area contributed by atoms with Gasteiger partial charge < -0.3 is 14.6 Å². The topological polar surface area (TPSA) is 55.8 Å². The van der Waals surface area contributed by atoms with E-state index in [1.54, 1.807) is 0 Å². The molecule has 0 aliphatic heterocycles. The molecule has 0 aromatic rings. The lowest BCUT2D eigenvalue weighted by Crippen LogP contribution is -2.04. The van der Waals surface area contributed by atoms with E-state index in [4.69, 9.17) is 5.11 Å². The Morgan fingerprint density at radius 3 is 2.08 bits per heavy atom. The second kappa shape index (κ2) is 13.1. The summed E-state index contributed by atoms with van der Waals surface area (Å²) in [6.45, 7) is 9.58. The van der Waals surface area contributed by atoms with E-state index in [9.17, 15) is 4.79 Å². The average molecular weight is 186 g/mol. The lowest BCUT2D eigenvalue weighted by atomic mass is 10.6. The van der Waals surface area contributed by atoms with Crippen molar-refractivity contribution in [2.45, 2.75) is 0 Å². The average Bonchev–Trinajstić information content (AvgIpc) is 2.16. The van der Waals surface area contributed by atoms with Crippen LogP contribution in [0, 0.1) is 0 Å². The van der Waals surface area contributed by atoms with Gasteiger partial charge in [-0.15, -0.1) is 0 Å². The summed E-state index contributed by atoms with van der Waals surface area (Å²) in [6.07, 6.45) is 3.68. The molecule has 0 aromatic carbocycles. The van der Waals surface area contributed by atoms with Crippen LogP contribution in [0.15, 0.2) is 38.3 Å². The maximum absolute atomic E-state index is 10.1. The van der Waals surface area contributed by atoms with Crippen LogP contribution < -0.4 is 0 Å². The smallest absolute Gasteiger partial charge is 0.330 e. The fraction of sp³-hybridized carbons (Fsp3) is 0.222. The van der Waals surface area contributed by atoms with Crippen LogP contribution in [0.2, 0.25) is 0 Å². The zero-order chi connectivity index (χ0) is 10.5. The number of ether oxygens (including phenoxy) is 2. The summed E-state index contributed by atoms with van der Waals surface area (Å²) in [6, 6.07) is 0. The minimum Gasteiger partial charge on any atom is -0.474 e. The molecule has 0 aromatic heterocycles. The maximum atomic E-state index is 10.1. The summed E-state index contributed by atoms with van der Waals surface area (Å²) in [5.41, 5.74) is 0. The van der Waals surface area contributed by atoms with Gasteiger partial charge in [-0.2, -0.15) is 0 Å². The van der Waals surface area contributed by atoms with Crippen LogP contribution in [0.5, 0.6) is 0 Å². The molecule has 0 radical (unpaired) electrons. The van der Waals surface area contributed by atoms with Crippen LogP contribution in [0.1, 0.15) is 0 Å². The highest BCUT2D eigenvalue weighted by Crippen LogP contribution is 1.75. The van der Waals surface area contributed by atoms with E-state index in [2.05, 4.69) is 29.2 Å². The number of aliphatic hydroxyl groups excluding tert-OH is 1. The molecule has 0 unspecified atom stereocenters. The van der Waals surface area contributed by atoms with Crippen molar-refractivity contribution in [1.82, 2.24) is 0 Å². The standard InChI is InChI=1S/C5H8O3.C4H6O/c1-2-5(7)8-4-3-6;1-3-5-4-2/h2,6H,1,3-4H2;3-4H,1-2H2. The molecule has 0 bridgehead atoms. The van der Waals surface area contributed by atoms with Crippen LogP contribution in [0.4, 0.5) is 0 Å². The normalized spacial score (nSPS) is 7.15. The minimum absolute atomic E-state index is 0.0465. The highest BCUT2D eigenvalue weighted by atomic mass is 16.5. The molecule has 0 amide bonds. The predicted octanol–water partition coefficient (Wildman–Crippen LogP) is 0.998. The van der Waals surface area contributed by atoms with Crippen LogP contribution >= 0.6 is 0 Å². The molecule has 0 heterocycles. The van der Waals surface area contributed by atoms with Crippen molar-refractivity contribution < 1.29 is 19.4 Å². The molecule has 4 heteroatoms. The molecule has 0 aliphatic carbocycles. The number of hydrogen-bond acceptors (Lipinski definition) is 4. The minimum atomic E-state index is -0.501. The summed E-state index contributed by atoms with van der Waals surface area (Å²) in [4.78, 5) is 10.1. The number of carbonyl (C=O) groups excluding carboxylic acids is 1. The van der Waals surface area contributed by atoms with Crippen molar-refractivity contribution in [3.63, 3.8) is 0 Å². The molecule has 4 nitrogen and oxygen atoms in total. The largest absolute Gasteiger partial charge is 0.474 e. The van der Waals surface area contributed by atoms with Gasteiger partial charge in [0.1, 0.15) is 6.61 Å². The first-order chi connectivity index (χ1) is 6.22. The first kappa shape index (κ1) is 14.0. The Balaban J connectivity index is 0. The summed E-state index contributed by atoms with van der Waals surface area (Å²) in [5.74, 6) is -0.501. The van der Waals surface area contributed by atoms with E-state index in [0.29, 0.717) is 0 Å². The molecule has 13 heavy (non-hydrogen) atoms. The SMILES string of the molecule is C=CC(=O)OCCO.C=COC=C. The van der Waals surface area contributed by atoms with Gasteiger partial charge >= 0.3 is 5.97 Å². The maximum Gasteiger partial charge on any atom is 0.330 e. The van der Waals surface area contributed by atoms with Crippen LogP contribution in [0.25, 0.3) is 0 Å². The summed E-state index contributed by atoms with van der Waals surface area (Å²) in [5, 5.41) is 8.10. The number of aliphatic hydroxyl groups is 1. The first-order valence-corrected chi connectivity index (χ1v) is 3.50. The highest BCUT2D eigenvalue weighted by molar-refractivity contribution is 5.81. The summed E-state index contributed by atoms with van der Waals surface area (Å²) >= 11 is 0. The number of rotatable bonds is 5. The first-order valence-electron chi connectivity index (χ1n) is 3.50. The van der Waals surface area contributed by atoms with Crippen molar-refractivity contribution in [2.24, 2.45) is 0 Å². The molecular weight excluding hydrogens is 172 g/mol. The Morgan fingerprint density at radius 2 is 1.85 bits per heavy atom. The van der Waals surface area contributed by atoms with Crippen molar-refractivity contribution in [3.8, 4) is 0 Å². The molecule has 0 spiro atoms. The van der Waals surface area contributed by atoms with Crippen molar-refractivity contribution in [3.05, 3.63) is 38.3 Å². The molecule has 0 fully saturated rings. The van der Waals surface area contributed by atoms with E-state index in [1.807, 2.05) is 0 Å². The third kappa shape index (κ3) is 17.9. The fourth-order valence-corrected chi connectivity index (χ4v) is 0.273. The van der Waals surface area contributed by atoms with E-state index in [-0.39, 0.29) is 13.2 Å². The Hall–Kier alpha value is -1.55. The van der Waals surface area contributed by atoms with Gasteiger partial charge in [-0.3, -0.25) is 0 Å². The zero-order valence-corrected chi connectivity index (χ0v) is 7.44. The van der Waals surface area contributed by atoms with Crippen molar-refractivity contribution >= 4 is 5.97 Å². The monoisotopic (exact) mass is 186 g/mol. The summed E-state index contributed by atoms with van der Waals surface area (Å²) < 4.78 is 8.69. The van der Waals surface area contributed by atoms with Crippen molar-refractivity contribution in [1.29, 1.82) is 0 Å². The Kier molecular flexibility index (Phi) is 14.1. The van der Waals surface area contributed by atoms with E-state index in [0.717, 1.165) is 6.08 Å².